The lowest BCUT2D eigenvalue weighted by atomic mass is 10.1. The summed E-state index contributed by atoms with van der Waals surface area (Å²) in [5.41, 5.74) is 7.59. The average Bonchev–Trinajstić information content (AvgIpc) is 2.55. The first-order valence-corrected chi connectivity index (χ1v) is 7.35. The minimum atomic E-state index is -0.614. The minimum absolute atomic E-state index is 0.227. The molecular formula is C18H20N2O3. The Morgan fingerprint density at radius 3 is 2.52 bits per heavy atom. The van der Waals surface area contributed by atoms with Crippen LogP contribution in [0.2, 0.25) is 0 Å². The Kier molecular flexibility index (Phi) is 5.36. The fraction of sp³-hybridized carbons (Fsp3) is 0.222. The molecule has 1 atom stereocenters. The number of hydrogen-bond donors (Lipinski definition) is 2. The van der Waals surface area contributed by atoms with Gasteiger partial charge >= 0.3 is 0 Å². The van der Waals surface area contributed by atoms with Crippen molar-refractivity contribution in [3.8, 4) is 5.75 Å². The van der Waals surface area contributed by atoms with E-state index in [-0.39, 0.29) is 5.91 Å². The molecule has 2 aromatic carbocycles. The number of carbonyl (C=O) groups is 2. The molecule has 0 aliphatic heterocycles. The van der Waals surface area contributed by atoms with Crippen LogP contribution in [0.15, 0.2) is 48.5 Å². The van der Waals surface area contributed by atoms with Gasteiger partial charge in [0.1, 0.15) is 5.75 Å². The molecule has 5 heteroatoms. The second-order valence-corrected chi connectivity index (χ2v) is 5.36. The van der Waals surface area contributed by atoms with Crippen LogP contribution in [-0.4, -0.2) is 17.9 Å². The van der Waals surface area contributed by atoms with Crippen molar-refractivity contribution in [2.45, 2.75) is 26.5 Å². The fourth-order valence-corrected chi connectivity index (χ4v) is 2.04. The number of hydrogen-bond acceptors (Lipinski definition) is 3. The number of aryl methyl sites for hydroxylation is 1. The van der Waals surface area contributed by atoms with Gasteiger partial charge in [-0.2, -0.15) is 0 Å². The summed E-state index contributed by atoms with van der Waals surface area (Å²) in [7, 11) is 0. The van der Waals surface area contributed by atoms with Gasteiger partial charge in [-0.3, -0.25) is 9.59 Å². The van der Waals surface area contributed by atoms with Gasteiger partial charge in [-0.25, -0.2) is 0 Å². The molecule has 2 amide bonds. The molecule has 23 heavy (non-hydrogen) atoms. The highest BCUT2D eigenvalue weighted by molar-refractivity contribution is 5.92. The zero-order chi connectivity index (χ0) is 16.8. The van der Waals surface area contributed by atoms with E-state index in [1.54, 1.807) is 25.1 Å². The van der Waals surface area contributed by atoms with Crippen molar-refractivity contribution in [3.05, 3.63) is 65.2 Å². The van der Waals surface area contributed by atoms with Gasteiger partial charge in [0.25, 0.3) is 5.91 Å². The summed E-state index contributed by atoms with van der Waals surface area (Å²) in [4.78, 5) is 23.2. The number of amides is 2. The summed E-state index contributed by atoms with van der Waals surface area (Å²) in [6.45, 7) is 3.98. The number of rotatable bonds is 6. The van der Waals surface area contributed by atoms with Crippen molar-refractivity contribution in [2.75, 3.05) is 0 Å². The smallest absolute Gasteiger partial charge is 0.261 e. The molecule has 120 valence electrons. The summed E-state index contributed by atoms with van der Waals surface area (Å²) < 4.78 is 5.60. The molecule has 0 heterocycles. The van der Waals surface area contributed by atoms with Crippen LogP contribution in [0.4, 0.5) is 0 Å². The minimum Gasteiger partial charge on any atom is -0.481 e. The van der Waals surface area contributed by atoms with E-state index in [1.807, 2.05) is 37.3 Å². The lowest BCUT2D eigenvalue weighted by Crippen LogP contribution is -2.35. The summed E-state index contributed by atoms with van der Waals surface area (Å²) >= 11 is 0. The summed E-state index contributed by atoms with van der Waals surface area (Å²) in [6.07, 6.45) is -0.614. The Labute approximate surface area is 135 Å². The van der Waals surface area contributed by atoms with Crippen LogP contribution >= 0.6 is 0 Å². The molecule has 0 aromatic heterocycles. The predicted octanol–water partition coefficient (Wildman–Crippen LogP) is 2.18. The molecule has 0 saturated heterocycles. The van der Waals surface area contributed by atoms with Crippen molar-refractivity contribution in [3.63, 3.8) is 0 Å². The summed E-state index contributed by atoms with van der Waals surface area (Å²) in [5, 5.41) is 2.78. The van der Waals surface area contributed by atoms with E-state index in [4.69, 9.17) is 10.5 Å². The lowest BCUT2D eigenvalue weighted by molar-refractivity contribution is -0.127. The van der Waals surface area contributed by atoms with Crippen LogP contribution in [0, 0.1) is 6.92 Å². The van der Waals surface area contributed by atoms with Gasteiger partial charge in [-0.05, 0) is 43.7 Å². The fourth-order valence-electron chi connectivity index (χ4n) is 2.04. The topological polar surface area (TPSA) is 81.4 Å². The van der Waals surface area contributed by atoms with Crippen LogP contribution in [0.1, 0.15) is 28.4 Å². The maximum atomic E-state index is 12.1. The Bertz CT molecular complexity index is 696. The van der Waals surface area contributed by atoms with Crippen molar-refractivity contribution < 1.29 is 14.3 Å². The van der Waals surface area contributed by atoms with E-state index in [1.165, 1.54) is 0 Å². The maximum absolute atomic E-state index is 12.1. The van der Waals surface area contributed by atoms with Gasteiger partial charge in [-0.1, -0.05) is 29.8 Å². The molecule has 0 bridgehead atoms. The second kappa shape index (κ2) is 7.45. The molecule has 0 saturated carbocycles. The van der Waals surface area contributed by atoms with Gasteiger partial charge in [-0.15, -0.1) is 0 Å². The zero-order valence-corrected chi connectivity index (χ0v) is 13.2. The SMILES string of the molecule is Cc1ccc(OC(C)C(=O)NCc2cccc(C(N)=O)c2)cc1. The molecule has 5 nitrogen and oxygen atoms in total. The highest BCUT2D eigenvalue weighted by Crippen LogP contribution is 2.13. The van der Waals surface area contributed by atoms with Gasteiger partial charge in [0.15, 0.2) is 6.10 Å². The van der Waals surface area contributed by atoms with Crippen LogP contribution in [0.5, 0.6) is 5.75 Å². The van der Waals surface area contributed by atoms with Crippen LogP contribution in [-0.2, 0) is 11.3 Å². The Morgan fingerprint density at radius 2 is 1.87 bits per heavy atom. The maximum Gasteiger partial charge on any atom is 0.261 e. The summed E-state index contributed by atoms with van der Waals surface area (Å²) in [6, 6.07) is 14.4. The third-order valence-electron chi connectivity index (χ3n) is 3.38. The molecule has 1 unspecified atom stereocenters. The van der Waals surface area contributed by atoms with Crippen molar-refractivity contribution >= 4 is 11.8 Å². The zero-order valence-electron chi connectivity index (χ0n) is 13.2. The van der Waals surface area contributed by atoms with Crippen molar-refractivity contribution in [2.24, 2.45) is 5.73 Å². The third-order valence-corrected chi connectivity index (χ3v) is 3.38. The molecule has 3 N–H and O–H groups in total. The third kappa shape index (κ3) is 4.85. The van der Waals surface area contributed by atoms with Crippen LogP contribution in [0.3, 0.4) is 0 Å². The molecule has 2 rings (SSSR count). The Morgan fingerprint density at radius 1 is 1.17 bits per heavy atom. The monoisotopic (exact) mass is 312 g/mol. The van der Waals surface area contributed by atoms with Crippen molar-refractivity contribution in [1.29, 1.82) is 0 Å². The first kappa shape index (κ1) is 16.5. The number of benzene rings is 2. The number of primary amides is 1. The first-order chi connectivity index (χ1) is 11.0. The largest absolute Gasteiger partial charge is 0.481 e. The van der Waals surface area contributed by atoms with E-state index in [0.29, 0.717) is 17.9 Å². The lowest BCUT2D eigenvalue weighted by Gasteiger charge is -2.15. The molecule has 0 spiro atoms. The normalized spacial score (nSPS) is 11.6. The number of ether oxygens (including phenoxy) is 1. The van der Waals surface area contributed by atoms with Crippen LogP contribution < -0.4 is 15.8 Å². The second-order valence-electron chi connectivity index (χ2n) is 5.36. The average molecular weight is 312 g/mol. The molecule has 0 aliphatic rings. The first-order valence-electron chi connectivity index (χ1n) is 7.35. The highest BCUT2D eigenvalue weighted by Gasteiger charge is 2.14. The molecule has 0 aliphatic carbocycles. The molecule has 0 radical (unpaired) electrons. The van der Waals surface area contributed by atoms with Gasteiger partial charge < -0.3 is 15.8 Å². The van der Waals surface area contributed by atoms with E-state index >= 15 is 0 Å². The quantitative estimate of drug-likeness (QED) is 0.857. The number of nitrogens with two attached hydrogens (primary N) is 1. The number of nitrogens with one attached hydrogen (secondary N) is 1. The highest BCUT2D eigenvalue weighted by atomic mass is 16.5. The van der Waals surface area contributed by atoms with Gasteiger partial charge in [0.05, 0.1) is 0 Å². The van der Waals surface area contributed by atoms with E-state index < -0.39 is 12.0 Å². The molecule has 2 aromatic rings. The van der Waals surface area contributed by atoms with E-state index in [2.05, 4.69) is 5.32 Å². The van der Waals surface area contributed by atoms with Crippen LogP contribution in [0.25, 0.3) is 0 Å². The number of carbonyl (C=O) groups excluding carboxylic acids is 2. The summed E-state index contributed by atoms with van der Waals surface area (Å²) in [5.74, 6) is -0.0710. The van der Waals surface area contributed by atoms with E-state index in [0.717, 1.165) is 11.1 Å². The van der Waals surface area contributed by atoms with Gasteiger partial charge in [0, 0.05) is 12.1 Å². The Hall–Kier alpha value is -2.82. The molecule has 0 fully saturated rings. The molecular weight excluding hydrogens is 292 g/mol. The van der Waals surface area contributed by atoms with Gasteiger partial charge in [0.2, 0.25) is 5.91 Å². The Balaban J connectivity index is 1.90. The standard InChI is InChI=1S/C18H20N2O3/c1-12-6-8-16(9-7-12)23-13(2)18(22)20-11-14-4-3-5-15(10-14)17(19)21/h3-10,13H,11H2,1-2H3,(H2,19,21)(H,20,22). The van der Waals surface area contributed by atoms with Crippen molar-refractivity contribution in [1.82, 2.24) is 5.32 Å². The predicted molar refractivity (Wildman–Crippen MR) is 88.1 cm³/mol. The van der Waals surface area contributed by atoms with E-state index in [9.17, 15) is 9.59 Å².